The van der Waals surface area contributed by atoms with Gasteiger partial charge in [0, 0.05) is 24.9 Å². The zero-order valence-corrected chi connectivity index (χ0v) is 14.5. The molecule has 1 aromatic heterocycles. The number of benzene rings is 1. The predicted octanol–water partition coefficient (Wildman–Crippen LogP) is 2.44. The Labute approximate surface area is 153 Å². The Morgan fingerprint density at radius 3 is 2.56 bits per heavy atom. The Morgan fingerprint density at radius 1 is 1.33 bits per heavy atom. The van der Waals surface area contributed by atoms with E-state index in [9.17, 15) is 25.0 Å². The van der Waals surface area contributed by atoms with Gasteiger partial charge in [0.25, 0.3) is 17.3 Å². The lowest BCUT2D eigenvalue weighted by atomic mass is 10.1. The zero-order chi connectivity index (χ0) is 19.6. The Morgan fingerprint density at radius 2 is 2.00 bits per heavy atom. The third kappa shape index (κ3) is 4.08. The third-order valence-electron chi connectivity index (χ3n) is 4.31. The van der Waals surface area contributed by atoms with Crippen LogP contribution < -0.4 is 5.32 Å². The molecule has 1 fully saturated rings. The molecule has 27 heavy (non-hydrogen) atoms. The summed E-state index contributed by atoms with van der Waals surface area (Å²) in [5.41, 5.74) is -0.868. The minimum atomic E-state index is -0.751. The van der Waals surface area contributed by atoms with Crippen molar-refractivity contribution in [2.75, 3.05) is 11.9 Å². The number of nitrogens with one attached hydrogen (secondary N) is 1. The second-order valence-electron chi connectivity index (χ2n) is 6.19. The second-order valence-corrected chi connectivity index (χ2v) is 6.19. The fourth-order valence-electron chi connectivity index (χ4n) is 2.92. The van der Waals surface area contributed by atoms with Crippen molar-refractivity contribution in [3.8, 4) is 0 Å². The highest BCUT2D eigenvalue weighted by molar-refractivity contribution is 6.05. The van der Waals surface area contributed by atoms with Gasteiger partial charge >= 0.3 is 0 Å². The van der Waals surface area contributed by atoms with Crippen molar-refractivity contribution < 1.29 is 19.4 Å². The molecule has 2 heterocycles. The SMILES string of the molecule is Cc1c([N+](=O)[O-])cc(C(=O)Nc2cnn(CC3CCCO3)c2)cc1[N+](=O)[O-]. The molecular weight excluding hydrogens is 358 g/mol. The molecule has 2 aromatic rings. The smallest absolute Gasteiger partial charge is 0.279 e. The fraction of sp³-hybridized carbons (Fsp3) is 0.375. The standard InChI is InChI=1S/C16H17N5O6/c1-10-14(20(23)24)5-11(6-15(10)21(25)26)16(22)18-12-7-17-19(8-12)9-13-3-2-4-27-13/h5-8,13H,2-4,9H2,1H3,(H,18,22). The van der Waals surface area contributed by atoms with Crippen LogP contribution in [-0.4, -0.2) is 38.2 Å². The zero-order valence-electron chi connectivity index (χ0n) is 14.5. The van der Waals surface area contributed by atoms with E-state index >= 15 is 0 Å². The van der Waals surface area contributed by atoms with E-state index in [1.807, 2.05) is 0 Å². The van der Waals surface area contributed by atoms with E-state index < -0.39 is 27.1 Å². The molecule has 11 nitrogen and oxygen atoms in total. The topological polar surface area (TPSA) is 142 Å². The minimum Gasteiger partial charge on any atom is -0.376 e. The highest BCUT2D eigenvalue weighted by Gasteiger charge is 2.25. The number of carbonyl (C=O) groups is 1. The number of anilines is 1. The van der Waals surface area contributed by atoms with Crippen LogP contribution in [0.25, 0.3) is 0 Å². The van der Waals surface area contributed by atoms with Gasteiger partial charge in [-0.1, -0.05) is 0 Å². The number of ether oxygens (including phenoxy) is 1. The summed E-state index contributed by atoms with van der Waals surface area (Å²) in [6.07, 6.45) is 5.06. The molecule has 0 radical (unpaired) electrons. The summed E-state index contributed by atoms with van der Waals surface area (Å²) in [5, 5.41) is 28.9. The maximum absolute atomic E-state index is 12.4. The molecule has 1 aliphatic heterocycles. The van der Waals surface area contributed by atoms with Crippen LogP contribution in [0.15, 0.2) is 24.5 Å². The van der Waals surface area contributed by atoms with Crippen LogP contribution in [0.4, 0.5) is 17.1 Å². The first kappa shape index (κ1) is 18.5. The molecule has 142 valence electrons. The number of nitrogens with zero attached hydrogens (tertiary/aromatic N) is 4. The molecule has 0 spiro atoms. The van der Waals surface area contributed by atoms with Crippen LogP contribution in [0, 0.1) is 27.2 Å². The van der Waals surface area contributed by atoms with E-state index in [0.29, 0.717) is 12.2 Å². The van der Waals surface area contributed by atoms with Gasteiger partial charge in [-0.15, -0.1) is 0 Å². The Balaban J connectivity index is 1.78. The van der Waals surface area contributed by atoms with Gasteiger partial charge in [0.1, 0.15) is 5.56 Å². The summed E-state index contributed by atoms with van der Waals surface area (Å²) >= 11 is 0. The lowest BCUT2D eigenvalue weighted by Gasteiger charge is -2.08. The normalized spacial score (nSPS) is 16.3. The molecule has 11 heteroatoms. The number of hydrogen-bond donors (Lipinski definition) is 1. The Bertz CT molecular complexity index is 867. The second kappa shape index (κ2) is 7.50. The molecule has 1 aliphatic rings. The summed E-state index contributed by atoms with van der Waals surface area (Å²) in [4.78, 5) is 33.2. The molecule has 1 atom stereocenters. The van der Waals surface area contributed by atoms with Crippen molar-refractivity contribution in [2.24, 2.45) is 0 Å². The Kier molecular flexibility index (Phi) is 5.12. The van der Waals surface area contributed by atoms with Crippen LogP contribution >= 0.6 is 0 Å². The number of nitro groups is 2. The van der Waals surface area contributed by atoms with E-state index in [4.69, 9.17) is 4.74 Å². The van der Waals surface area contributed by atoms with Crippen LogP contribution in [0.3, 0.4) is 0 Å². The van der Waals surface area contributed by atoms with E-state index in [1.165, 1.54) is 13.1 Å². The van der Waals surface area contributed by atoms with E-state index in [1.54, 1.807) is 10.9 Å². The van der Waals surface area contributed by atoms with Crippen LogP contribution in [-0.2, 0) is 11.3 Å². The average molecular weight is 375 g/mol. The van der Waals surface area contributed by atoms with Crippen LogP contribution in [0.1, 0.15) is 28.8 Å². The highest BCUT2D eigenvalue weighted by Crippen LogP contribution is 2.29. The average Bonchev–Trinajstić information content (AvgIpc) is 3.27. The quantitative estimate of drug-likeness (QED) is 0.603. The maximum atomic E-state index is 12.4. The molecular formula is C16H17N5O6. The van der Waals surface area contributed by atoms with Gasteiger partial charge < -0.3 is 10.1 Å². The minimum absolute atomic E-state index is 0.0795. The van der Waals surface area contributed by atoms with Gasteiger partial charge in [0.05, 0.1) is 39.9 Å². The van der Waals surface area contributed by atoms with Crippen molar-refractivity contribution in [1.29, 1.82) is 0 Å². The highest BCUT2D eigenvalue weighted by atomic mass is 16.6. The molecule has 1 N–H and O–H groups in total. The lowest BCUT2D eigenvalue weighted by Crippen LogP contribution is -2.15. The number of nitro benzene ring substituents is 2. The van der Waals surface area contributed by atoms with Gasteiger partial charge in [-0.3, -0.25) is 29.7 Å². The molecule has 0 bridgehead atoms. The first-order valence-electron chi connectivity index (χ1n) is 8.24. The number of rotatable bonds is 6. The molecule has 0 saturated carbocycles. The van der Waals surface area contributed by atoms with Gasteiger partial charge in [-0.05, 0) is 19.8 Å². The van der Waals surface area contributed by atoms with Crippen LogP contribution in [0.5, 0.6) is 0 Å². The third-order valence-corrected chi connectivity index (χ3v) is 4.31. The first-order valence-corrected chi connectivity index (χ1v) is 8.24. The molecule has 1 unspecified atom stereocenters. The van der Waals surface area contributed by atoms with Gasteiger partial charge in [0.15, 0.2) is 0 Å². The summed E-state index contributed by atoms with van der Waals surface area (Å²) in [6.45, 7) is 2.55. The van der Waals surface area contributed by atoms with E-state index in [2.05, 4.69) is 10.4 Å². The van der Waals surface area contributed by atoms with Gasteiger partial charge in [-0.2, -0.15) is 5.10 Å². The van der Waals surface area contributed by atoms with E-state index in [-0.39, 0.29) is 17.2 Å². The van der Waals surface area contributed by atoms with E-state index in [0.717, 1.165) is 31.6 Å². The van der Waals surface area contributed by atoms with Gasteiger partial charge in [-0.25, -0.2) is 0 Å². The molecule has 0 aliphatic carbocycles. The first-order chi connectivity index (χ1) is 12.8. The van der Waals surface area contributed by atoms with Crippen molar-refractivity contribution in [2.45, 2.75) is 32.4 Å². The number of amides is 1. The van der Waals surface area contributed by atoms with Crippen molar-refractivity contribution >= 4 is 23.0 Å². The van der Waals surface area contributed by atoms with Crippen molar-refractivity contribution in [1.82, 2.24) is 9.78 Å². The Hall–Kier alpha value is -3.34. The number of aromatic nitrogens is 2. The fourth-order valence-corrected chi connectivity index (χ4v) is 2.92. The number of carbonyl (C=O) groups excluding carboxylic acids is 1. The van der Waals surface area contributed by atoms with Crippen LogP contribution in [0.2, 0.25) is 0 Å². The molecule has 1 saturated heterocycles. The van der Waals surface area contributed by atoms with Crippen molar-refractivity contribution in [3.63, 3.8) is 0 Å². The summed E-state index contributed by atoms with van der Waals surface area (Å²) < 4.78 is 7.15. The molecule has 1 aromatic carbocycles. The predicted molar refractivity (Wildman–Crippen MR) is 93.6 cm³/mol. The largest absolute Gasteiger partial charge is 0.376 e. The van der Waals surface area contributed by atoms with Gasteiger partial charge in [0.2, 0.25) is 0 Å². The monoisotopic (exact) mass is 375 g/mol. The summed E-state index contributed by atoms with van der Waals surface area (Å²) in [6, 6.07) is 2.04. The summed E-state index contributed by atoms with van der Waals surface area (Å²) in [5.74, 6) is -0.696. The molecule has 3 rings (SSSR count). The van der Waals surface area contributed by atoms with Crippen molar-refractivity contribution in [3.05, 3.63) is 55.9 Å². The maximum Gasteiger partial charge on any atom is 0.279 e. The summed E-state index contributed by atoms with van der Waals surface area (Å²) in [7, 11) is 0. The lowest BCUT2D eigenvalue weighted by molar-refractivity contribution is -0.395. The molecule has 1 amide bonds. The number of hydrogen-bond acceptors (Lipinski definition) is 7.